The van der Waals surface area contributed by atoms with Crippen LogP contribution < -0.4 is 34.1 Å². The van der Waals surface area contributed by atoms with Crippen LogP contribution in [0, 0.1) is 58.2 Å². The molecular weight excluding hydrogens is 492 g/mol. The Balaban J connectivity index is 0.000000160. The Bertz CT molecular complexity index is 916. The summed E-state index contributed by atoms with van der Waals surface area (Å²) in [7, 11) is 0. The second kappa shape index (κ2) is 11.3. The van der Waals surface area contributed by atoms with Crippen LogP contribution in [0.2, 0.25) is 0 Å². The summed E-state index contributed by atoms with van der Waals surface area (Å²) in [5, 5.41) is 22.8. The number of hydrazine groups is 1. The first-order valence-corrected chi connectivity index (χ1v) is 15.0. The molecule has 8 rings (SSSR count). The quantitative estimate of drug-likeness (QED) is 0.144. The molecule has 0 heterocycles. The fourth-order valence-corrected chi connectivity index (χ4v) is 9.74. The summed E-state index contributed by atoms with van der Waals surface area (Å²) in [4.78, 5) is 4.43. The van der Waals surface area contributed by atoms with Crippen molar-refractivity contribution in [3.63, 3.8) is 0 Å². The van der Waals surface area contributed by atoms with Crippen molar-refractivity contribution in [1.82, 2.24) is 15.4 Å². The molecule has 39 heavy (non-hydrogen) atoms. The second-order valence-corrected chi connectivity index (χ2v) is 13.2. The van der Waals surface area contributed by atoms with Crippen LogP contribution in [0.1, 0.15) is 77.6 Å². The summed E-state index contributed by atoms with van der Waals surface area (Å²) in [6.07, 6.45) is 14.0. The summed E-state index contributed by atoms with van der Waals surface area (Å²) < 4.78 is 0. The molecule has 8 saturated carbocycles. The Morgan fingerprint density at radius 3 is 1.51 bits per heavy atom. The van der Waals surface area contributed by atoms with E-state index in [-0.39, 0.29) is 23.9 Å². The van der Waals surface area contributed by atoms with E-state index in [9.17, 15) is 0 Å². The van der Waals surface area contributed by atoms with Crippen molar-refractivity contribution in [3.05, 3.63) is 0 Å². The van der Waals surface area contributed by atoms with E-state index in [1.807, 2.05) is 5.01 Å². The van der Waals surface area contributed by atoms with Crippen LogP contribution in [0.25, 0.3) is 0 Å². The van der Waals surface area contributed by atoms with E-state index < -0.39 is 0 Å². The van der Waals surface area contributed by atoms with Gasteiger partial charge in [-0.2, -0.15) is 0 Å². The lowest BCUT2D eigenvalue weighted by Crippen LogP contribution is -2.64. The summed E-state index contributed by atoms with van der Waals surface area (Å²) in [5.74, 6) is 6.53. The topological polar surface area (TPSA) is 221 Å². The van der Waals surface area contributed by atoms with Crippen molar-refractivity contribution in [1.29, 1.82) is 10.8 Å². The number of nitrogens with one attached hydrogen (secondary N) is 3. The van der Waals surface area contributed by atoms with Crippen molar-refractivity contribution in [2.24, 2.45) is 86.1 Å². The Morgan fingerprint density at radius 1 is 0.718 bits per heavy atom. The van der Waals surface area contributed by atoms with E-state index in [0.717, 1.165) is 36.6 Å². The fourth-order valence-electron chi connectivity index (χ4n) is 9.74. The van der Waals surface area contributed by atoms with Crippen LogP contribution >= 0.6 is 0 Å². The molecule has 218 valence electrons. The highest BCUT2D eigenvalue weighted by atomic mass is 15.6. The maximum atomic E-state index is 7.71. The van der Waals surface area contributed by atoms with Gasteiger partial charge in [-0.05, 0) is 118 Å². The standard InChI is InChI=1S/C15H28N6.C12H22N6/c1-2-3-19-15(18)21(20-14(16)17)13-11-5-9-4-10(7-11)8-12(13)6-9;13-11(14)17-18(12(15)16)10-8-2-6-1-7(4-8)5-9(10)3-6/h9-13H,2-8H2,1H3,(H2,18,19)(H4,16,17,20);6-10H,1-5H2,(H3,15,16)(H4,13,14,17). The van der Waals surface area contributed by atoms with Gasteiger partial charge >= 0.3 is 0 Å². The van der Waals surface area contributed by atoms with Gasteiger partial charge in [-0.3, -0.25) is 26.2 Å². The summed E-state index contributed by atoms with van der Waals surface area (Å²) in [5.41, 5.74) is 31.3. The lowest BCUT2D eigenvalue weighted by Gasteiger charge is -2.56. The molecule has 0 unspecified atom stereocenters. The maximum Gasteiger partial charge on any atom is 0.210 e. The molecule has 0 aromatic rings. The number of nitrogens with zero attached hydrogens (tertiary/aromatic N) is 4. The van der Waals surface area contributed by atoms with Gasteiger partial charge in [0.25, 0.3) is 0 Å². The first-order chi connectivity index (χ1) is 18.6. The highest BCUT2D eigenvalue weighted by Crippen LogP contribution is 2.56. The molecule has 8 aliphatic carbocycles. The smallest absolute Gasteiger partial charge is 0.210 e. The van der Waals surface area contributed by atoms with Crippen LogP contribution in [-0.2, 0) is 0 Å². The number of aliphatic imine (C=N–C) groups is 1. The number of guanidine groups is 4. The SMILES string of the molecule is CCCN=C(N)N(NC(=N)N)C1C2CC3CC(C2)CC1C3.N=C(N)N(N=C(N)N)C1C2CC3CC(C2)CC1C3. The van der Waals surface area contributed by atoms with Gasteiger partial charge in [-0.15, -0.1) is 5.10 Å². The van der Waals surface area contributed by atoms with Gasteiger partial charge in [0.15, 0.2) is 0 Å². The van der Waals surface area contributed by atoms with Gasteiger partial charge in [0, 0.05) is 6.54 Å². The van der Waals surface area contributed by atoms with Crippen LogP contribution in [0.3, 0.4) is 0 Å². The minimum atomic E-state index is -0.0570. The van der Waals surface area contributed by atoms with Crippen LogP contribution in [-0.4, -0.2) is 52.5 Å². The molecule has 0 atom stereocenters. The van der Waals surface area contributed by atoms with Crippen molar-refractivity contribution >= 4 is 23.8 Å². The minimum Gasteiger partial charge on any atom is -0.369 e. The Kier molecular flexibility index (Phi) is 8.00. The Hall–Kier alpha value is -2.92. The molecule has 0 radical (unpaired) electrons. The van der Waals surface area contributed by atoms with Crippen molar-refractivity contribution < 1.29 is 0 Å². The predicted octanol–water partition coefficient (Wildman–Crippen LogP) is 1.43. The molecule has 8 fully saturated rings. The number of hydrogen-bond donors (Lipinski definition) is 8. The lowest BCUT2D eigenvalue weighted by molar-refractivity contribution is -0.0516. The zero-order valence-electron chi connectivity index (χ0n) is 23.4. The summed E-state index contributed by atoms with van der Waals surface area (Å²) >= 11 is 0. The van der Waals surface area contributed by atoms with E-state index in [0.29, 0.717) is 35.7 Å². The van der Waals surface area contributed by atoms with Crippen molar-refractivity contribution in [2.45, 2.75) is 89.6 Å². The van der Waals surface area contributed by atoms with Gasteiger partial charge < -0.3 is 28.7 Å². The molecule has 0 amide bonds. The molecule has 12 heteroatoms. The third-order valence-electron chi connectivity index (χ3n) is 10.4. The highest BCUT2D eigenvalue weighted by molar-refractivity contribution is 5.83. The monoisotopic (exact) mass is 542 g/mol. The van der Waals surface area contributed by atoms with Gasteiger partial charge in [-0.25, -0.2) is 5.01 Å². The molecule has 8 bridgehead atoms. The van der Waals surface area contributed by atoms with E-state index in [1.165, 1.54) is 64.2 Å². The highest BCUT2D eigenvalue weighted by Gasteiger charge is 2.52. The minimum absolute atomic E-state index is 0.0148. The van der Waals surface area contributed by atoms with Gasteiger partial charge in [0.05, 0.1) is 12.1 Å². The zero-order chi connectivity index (χ0) is 27.8. The molecule has 12 nitrogen and oxygen atoms in total. The normalized spacial score (nSPS) is 38.9. The summed E-state index contributed by atoms with van der Waals surface area (Å²) in [6.45, 7) is 2.80. The molecule has 8 aliphatic rings. The predicted molar refractivity (Wildman–Crippen MR) is 155 cm³/mol. The molecule has 0 aromatic carbocycles. The van der Waals surface area contributed by atoms with E-state index in [2.05, 4.69) is 22.4 Å². The third-order valence-corrected chi connectivity index (χ3v) is 10.4. The fraction of sp³-hybridized carbons (Fsp3) is 0.852. The van der Waals surface area contributed by atoms with E-state index in [4.69, 9.17) is 39.5 Å². The first kappa shape index (κ1) is 27.6. The second-order valence-electron chi connectivity index (χ2n) is 13.2. The Labute approximate surface area is 232 Å². The van der Waals surface area contributed by atoms with Crippen molar-refractivity contribution in [2.75, 3.05) is 6.54 Å². The average molecular weight is 543 g/mol. The van der Waals surface area contributed by atoms with Gasteiger partial charge in [0.2, 0.25) is 23.8 Å². The largest absolute Gasteiger partial charge is 0.369 e. The van der Waals surface area contributed by atoms with Gasteiger partial charge in [0.1, 0.15) is 0 Å². The Morgan fingerprint density at radius 2 is 1.15 bits per heavy atom. The third kappa shape index (κ3) is 5.84. The van der Waals surface area contributed by atoms with Gasteiger partial charge in [-0.1, -0.05) is 6.92 Å². The molecule has 0 aromatic heterocycles. The van der Waals surface area contributed by atoms with E-state index >= 15 is 0 Å². The number of hydrogen-bond acceptors (Lipinski definition) is 4. The lowest BCUT2D eigenvalue weighted by atomic mass is 9.54. The van der Waals surface area contributed by atoms with E-state index in [1.54, 1.807) is 5.01 Å². The molecular formula is C27H50N12. The van der Waals surface area contributed by atoms with Crippen LogP contribution in [0.15, 0.2) is 10.1 Å². The van der Waals surface area contributed by atoms with Crippen LogP contribution in [0.5, 0.6) is 0 Å². The van der Waals surface area contributed by atoms with Crippen LogP contribution in [0.4, 0.5) is 0 Å². The molecule has 0 saturated heterocycles. The maximum absolute atomic E-state index is 7.71. The summed E-state index contributed by atoms with van der Waals surface area (Å²) in [6, 6.07) is 0.583. The average Bonchev–Trinajstić information content (AvgIpc) is 2.84. The molecule has 0 spiro atoms. The number of nitrogens with two attached hydrogens (primary N) is 5. The molecule has 13 N–H and O–H groups in total. The first-order valence-electron chi connectivity index (χ1n) is 15.0. The molecule has 0 aliphatic heterocycles. The zero-order valence-corrected chi connectivity index (χ0v) is 23.4. The number of hydrazone groups is 1. The van der Waals surface area contributed by atoms with Crippen molar-refractivity contribution in [3.8, 4) is 0 Å². The number of rotatable bonds is 5.